The quantitative estimate of drug-likeness (QED) is 0.557. The number of halogens is 6. The standard InChI is InChI=1S/C22H20F6N4O3/c23-10-22(14-6-21(27,28)7-17(14)35-20(29)32-22)13-5-11(1-3-15(13)24)31-19(33)16-4-2-12(8-30-16)34-9-18(25)26/h1-5,8,14,17-18H,6-7,9-10H2,(H2,29,32)(H,31,33)/t14-,17+,22+/m0/s1. The van der Waals surface area contributed by atoms with Crippen LogP contribution in [0, 0.1) is 11.7 Å². The summed E-state index contributed by atoms with van der Waals surface area (Å²) in [5.74, 6) is -6.02. The first-order chi connectivity index (χ1) is 16.5. The van der Waals surface area contributed by atoms with Crippen molar-refractivity contribution in [2.24, 2.45) is 16.6 Å². The van der Waals surface area contributed by atoms with Gasteiger partial charge in [0.25, 0.3) is 24.3 Å². The van der Waals surface area contributed by atoms with Gasteiger partial charge in [0, 0.05) is 30.0 Å². The van der Waals surface area contributed by atoms with Crippen molar-refractivity contribution in [3.63, 3.8) is 0 Å². The molecule has 3 atom stereocenters. The van der Waals surface area contributed by atoms with Crippen molar-refractivity contribution in [2.45, 2.75) is 36.8 Å². The fourth-order valence-corrected chi connectivity index (χ4v) is 4.38. The Morgan fingerprint density at radius 1 is 1.26 bits per heavy atom. The topological polar surface area (TPSA) is 98.8 Å². The Kier molecular flexibility index (Phi) is 6.52. The van der Waals surface area contributed by atoms with E-state index in [1.165, 1.54) is 18.2 Å². The molecule has 3 N–H and O–H groups in total. The van der Waals surface area contributed by atoms with E-state index in [0.717, 1.165) is 18.3 Å². The number of hydrogen-bond donors (Lipinski definition) is 2. The van der Waals surface area contributed by atoms with Gasteiger partial charge in [0.05, 0.1) is 6.20 Å². The van der Waals surface area contributed by atoms with Crippen LogP contribution < -0.4 is 15.8 Å². The number of amidine groups is 1. The van der Waals surface area contributed by atoms with E-state index < -0.39 is 73.8 Å². The first kappa shape index (κ1) is 24.6. The van der Waals surface area contributed by atoms with Crippen LogP contribution in [0.25, 0.3) is 0 Å². The second-order valence-corrected chi connectivity index (χ2v) is 8.26. The van der Waals surface area contributed by atoms with Crippen LogP contribution in [0.3, 0.4) is 0 Å². The Bertz CT molecular complexity index is 1130. The lowest BCUT2D eigenvalue weighted by molar-refractivity contribution is -0.00300. The largest absolute Gasteiger partial charge is 0.486 e. The van der Waals surface area contributed by atoms with E-state index >= 15 is 0 Å². The number of nitrogens with two attached hydrogens (primary N) is 1. The second-order valence-electron chi connectivity index (χ2n) is 8.26. The van der Waals surface area contributed by atoms with Gasteiger partial charge in [-0.2, -0.15) is 0 Å². The maximum Gasteiger partial charge on any atom is 0.283 e. The predicted octanol–water partition coefficient (Wildman–Crippen LogP) is 4.04. The predicted molar refractivity (Wildman–Crippen MR) is 112 cm³/mol. The fourth-order valence-electron chi connectivity index (χ4n) is 4.38. The minimum atomic E-state index is -3.17. The number of anilines is 1. The number of nitrogens with zero attached hydrogens (tertiary/aromatic N) is 2. The number of carbonyl (C=O) groups is 1. The molecule has 35 heavy (non-hydrogen) atoms. The maximum absolute atomic E-state index is 14.9. The molecule has 1 fully saturated rings. The second kappa shape index (κ2) is 9.27. The molecule has 1 aliphatic heterocycles. The lowest BCUT2D eigenvalue weighted by Gasteiger charge is -2.40. The third-order valence-corrected chi connectivity index (χ3v) is 5.90. The van der Waals surface area contributed by atoms with Gasteiger partial charge >= 0.3 is 0 Å². The number of aliphatic imine (C=N–C) groups is 1. The minimum Gasteiger partial charge on any atom is -0.486 e. The van der Waals surface area contributed by atoms with Gasteiger partial charge in [0.2, 0.25) is 0 Å². The highest BCUT2D eigenvalue weighted by Gasteiger charge is 2.60. The third-order valence-electron chi connectivity index (χ3n) is 5.90. The van der Waals surface area contributed by atoms with Crippen LogP contribution in [0.1, 0.15) is 28.9 Å². The van der Waals surface area contributed by atoms with Crippen molar-refractivity contribution in [1.29, 1.82) is 0 Å². The van der Waals surface area contributed by atoms with Gasteiger partial charge in [-0.15, -0.1) is 0 Å². The number of fused-ring (bicyclic) bond motifs is 1. The van der Waals surface area contributed by atoms with Crippen LogP contribution in [-0.2, 0) is 10.3 Å². The van der Waals surface area contributed by atoms with Gasteiger partial charge in [0.15, 0.2) is 0 Å². The number of aromatic nitrogens is 1. The molecule has 2 aromatic rings. The van der Waals surface area contributed by atoms with Gasteiger partial charge in [-0.1, -0.05) is 0 Å². The lowest BCUT2D eigenvalue weighted by Crippen LogP contribution is -2.48. The fraction of sp³-hybridized carbons (Fsp3) is 0.409. The van der Waals surface area contributed by atoms with Gasteiger partial charge in [-0.05, 0) is 30.3 Å². The Labute approximate surface area is 195 Å². The zero-order valence-electron chi connectivity index (χ0n) is 18.0. The summed E-state index contributed by atoms with van der Waals surface area (Å²) in [6, 6.07) is 5.18. The van der Waals surface area contributed by atoms with E-state index in [1.807, 2.05) is 0 Å². The monoisotopic (exact) mass is 502 g/mol. The zero-order chi connectivity index (χ0) is 25.4. The van der Waals surface area contributed by atoms with Crippen LogP contribution in [0.4, 0.5) is 32.0 Å². The summed E-state index contributed by atoms with van der Waals surface area (Å²) in [4.78, 5) is 20.3. The number of rotatable bonds is 7. The normalized spacial score (nSPS) is 24.9. The molecule has 2 heterocycles. The van der Waals surface area contributed by atoms with Crippen LogP contribution in [0.2, 0.25) is 0 Å². The van der Waals surface area contributed by atoms with Gasteiger partial charge in [-0.3, -0.25) is 4.79 Å². The van der Waals surface area contributed by atoms with E-state index in [1.54, 1.807) is 0 Å². The summed E-state index contributed by atoms with van der Waals surface area (Å²) >= 11 is 0. The van der Waals surface area contributed by atoms with Crippen LogP contribution >= 0.6 is 0 Å². The lowest BCUT2D eigenvalue weighted by atomic mass is 9.76. The molecule has 0 radical (unpaired) electrons. The average molecular weight is 502 g/mol. The van der Waals surface area contributed by atoms with Gasteiger partial charge in [-0.25, -0.2) is 36.3 Å². The van der Waals surface area contributed by atoms with E-state index in [-0.39, 0.29) is 22.7 Å². The van der Waals surface area contributed by atoms with Crippen LogP contribution in [0.15, 0.2) is 41.5 Å². The van der Waals surface area contributed by atoms with E-state index in [0.29, 0.717) is 0 Å². The first-order valence-electron chi connectivity index (χ1n) is 10.5. The molecule has 7 nitrogen and oxygen atoms in total. The molecule has 1 saturated carbocycles. The summed E-state index contributed by atoms with van der Waals surface area (Å²) in [5.41, 5.74) is 3.09. The molecule has 188 valence electrons. The Hall–Kier alpha value is -3.51. The van der Waals surface area contributed by atoms with Crippen molar-refractivity contribution in [2.75, 3.05) is 18.6 Å². The third kappa shape index (κ3) is 4.98. The average Bonchev–Trinajstić information content (AvgIpc) is 3.12. The molecule has 0 unspecified atom stereocenters. The van der Waals surface area contributed by atoms with Crippen molar-refractivity contribution in [1.82, 2.24) is 4.98 Å². The van der Waals surface area contributed by atoms with Crippen LogP contribution in [-0.4, -0.2) is 48.6 Å². The molecule has 0 bridgehead atoms. The molecule has 2 aliphatic rings. The molecule has 0 spiro atoms. The molecule has 1 aromatic heterocycles. The van der Waals surface area contributed by atoms with E-state index in [9.17, 15) is 31.1 Å². The van der Waals surface area contributed by atoms with Gasteiger partial charge < -0.3 is 20.5 Å². The summed E-state index contributed by atoms with van der Waals surface area (Å²) in [6.45, 7) is -2.17. The molecule has 1 aliphatic carbocycles. The number of hydrogen-bond acceptors (Lipinski definition) is 6. The number of amides is 1. The highest BCUT2D eigenvalue weighted by Crippen LogP contribution is 2.53. The molecular formula is C22H20F6N4O3. The Morgan fingerprint density at radius 3 is 2.69 bits per heavy atom. The molecule has 1 aromatic carbocycles. The first-order valence-corrected chi connectivity index (χ1v) is 10.5. The van der Waals surface area contributed by atoms with Crippen molar-refractivity contribution in [3.8, 4) is 5.75 Å². The molecule has 4 rings (SSSR count). The SMILES string of the molecule is NC1=N[C@](CF)(c2cc(NC(=O)c3ccc(OCC(F)F)cn3)ccc2F)[C@H]2CC(F)(F)C[C@H]2O1. The number of carbonyl (C=O) groups excluding carboxylic acids is 1. The zero-order valence-corrected chi connectivity index (χ0v) is 18.0. The summed E-state index contributed by atoms with van der Waals surface area (Å²) < 4.78 is 92.1. The molecule has 1 amide bonds. The summed E-state index contributed by atoms with van der Waals surface area (Å²) in [5, 5.41) is 2.45. The summed E-state index contributed by atoms with van der Waals surface area (Å²) in [7, 11) is 0. The highest BCUT2D eigenvalue weighted by molar-refractivity contribution is 6.02. The molecule has 0 saturated heterocycles. The Morgan fingerprint density at radius 2 is 2.03 bits per heavy atom. The smallest absolute Gasteiger partial charge is 0.283 e. The van der Waals surface area contributed by atoms with E-state index in [2.05, 4.69) is 15.3 Å². The summed E-state index contributed by atoms with van der Waals surface area (Å²) in [6.07, 6.45) is -4.26. The number of pyridine rings is 1. The number of alkyl halides is 5. The van der Waals surface area contributed by atoms with Crippen molar-refractivity contribution >= 4 is 17.6 Å². The Balaban J connectivity index is 1.60. The number of ether oxygens (including phenoxy) is 2. The molecular weight excluding hydrogens is 482 g/mol. The maximum atomic E-state index is 14.9. The van der Waals surface area contributed by atoms with Gasteiger partial charge in [0.1, 0.15) is 42.2 Å². The van der Waals surface area contributed by atoms with E-state index in [4.69, 9.17) is 15.2 Å². The molecule has 13 heteroatoms. The highest BCUT2D eigenvalue weighted by atomic mass is 19.3. The van der Waals surface area contributed by atoms with Crippen molar-refractivity contribution in [3.05, 3.63) is 53.6 Å². The number of nitrogens with one attached hydrogen (secondary N) is 1. The van der Waals surface area contributed by atoms with Crippen LogP contribution in [0.5, 0.6) is 5.75 Å². The number of benzene rings is 1. The van der Waals surface area contributed by atoms with Crippen molar-refractivity contribution < 1.29 is 40.6 Å². The minimum absolute atomic E-state index is 0.0145.